The van der Waals surface area contributed by atoms with Crippen molar-refractivity contribution >= 4 is 28.5 Å². The van der Waals surface area contributed by atoms with Crippen LogP contribution in [0.4, 0.5) is 0 Å². The van der Waals surface area contributed by atoms with Crippen LogP contribution in [0.5, 0.6) is 0 Å². The number of fused-ring (bicyclic) bond motifs is 1. The molecule has 5 nitrogen and oxygen atoms in total. The molecule has 0 radical (unpaired) electrons. The number of aliphatic hydroxyl groups is 1. The van der Waals surface area contributed by atoms with E-state index in [1.54, 1.807) is 12.1 Å². The lowest BCUT2D eigenvalue weighted by molar-refractivity contribution is -0.197. The number of hydrogen-bond donors (Lipinski definition) is 1. The van der Waals surface area contributed by atoms with Crippen LogP contribution in [0, 0.1) is 24.2 Å². The maximum atomic E-state index is 13.1. The molecule has 148 valence electrons. The van der Waals surface area contributed by atoms with E-state index < -0.39 is 16.6 Å². The van der Waals surface area contributed by atoms with Gasteiger partial charge >= 0.3 is 11.6 Å². The Labute approximate surface area is 167 Å². The third-order valence-electron chi connectivity index (χ3n) is 6.93. The van der Waals surface area contributed by atoms with Gasteiger partial charge in [0.25, 0.3) is 0 Å². The number of rotatable bonds is 3. The van der Waals surface area contributed by atoms with Crippen LogP contribution in [0.1, 0.15) is 49.7 Å². The fourth-order valence-corrected chi connectivity index (χ4v) is 6.38. The summed E-state index contributed by atoms with van der Waals surface area (Å²) in [6.07, 6.45) is 4.82. The minimum absolute atomic E-state index is 0.00413. The molecule has 4 saturated carbocycles. The molecule has 2 unspecified atom stereocenters. The minimum Gasteiger partial charge on any atom is -0.460 e. The van der Waals surface area contributed by atoms with Crippen LogP contribution in [-0.4, -0.2) is 16.7 Å². The average Bonchev–Trinajstić information content (AvgIpc) is 2.58. The van der Waals surface area contributed by atoms with Gasteiger partial charge in [-0.05, 0) is 75.0 Å². The van der Waals surface area contributed by atoms with E-state index in [-0.39, 0.29) is 12.6 Å². The SMILES string of the molecule is Cc1cc2oc(=O)cc(COC(=O)C34C[C@@H]5C[C@@H](CC(O)(C5)C3)C4)c2cc1Cl. The molecule has 1 aromatic carbocycles. The summed E-state index contributed by atoms with van der Waals surface area (Å²) in [5.74, 6) is 0.565. The number of esters is 1. The van der Waals surface area contributed by atoms with Gasteiger partial charge in [0, 0.05) is 22.0 Å². The first kappa shape index (κ1) is 18.2. The van der Waals surface area contributed by atoms with Gasteiger partial charge in [-0.3, -0.25) is 4.79 Å². The third-order valence-corrected chi connectivity index (χ3v) is 7.34. The van der Waals surface area contributed by atoms with E-state index in [4.69, 9.17) is 20.8 Å². The fourth-order valence-electron chi connectivity index (χ4n) is 6.22. The summed E-state index contributed by atoms with van der Waals surface area (Å²) < 4.78 is 11.0. The van der Waals surface area contributed by atoms with Crippen molar-refractivity contribution in [2.24, 2.45) is 17.3 Å². The predicted molar refractivity (Wildman–Crippen MR) is 104 cm³/mol. The molecule has 1 N–H and O–H groups in total. The first-order valence-corrected chi connectivity index (χ1v) is 10.3. The van der Waals surface area contributed by atoms with E-state index >= 15 is 0 Å². The summed E-state index contributed by atoms with van der Waals surface area (Å²) in [5.41, 5.74) is 0.0592. The zero-order valence-electron chi connectivity index (χ0n) is 15.8. The quantitative estimate of drug-likeness (QED) is 0.617. The summed E-state index contributed by atoms with van der Waals surface area (Å²) in [7, 11) is 0. The van der Waals surface area contributed by atoms with Gasteiger partial charge < -0.3 is 14.3 Å². The van der Waals surface area contributed by atoms with E-state index in [1.807, 2.05) is 6.92 Å². The van der Waals surface area contributed by atoms with E-state index in [0.29, 0.717) is 39.8 Å². The molecule has 1 heterocycles. The first-order valence-electron chi connectivity index (χ1n) is 9.88. The maximum absolute atomic E-state index is 13.1. The Kier molecular flexibility index (Phi) is 3.95. The Morgan fingerprint density at radius 3 is 2.64 bits per heavy atom. The Morgan fingerprint density at radius 1 is 1.25 bits per heavy atom. The van der Waals surface area contributed by atoms with E-state index in [0.717, 1.165) is 37.7 Å². The van der Waals surface area contributed by atoms with Crippen molar-refractivity contribution in [3.05, 3.63) is 44.8 Å². The lowest BCUT2D eigenvalue weighted by Crippen LogP contribution is -2.58. The van der Waals surface area contributed by atoms with Crippen molar-refractivity contribution in [2.45, 2.75) is 57.7 Å². The zero-order valence-corrected chi connectivity index (χ0v) is 16.6. The van der Waals surface area contributed by atoms with Crippen molar-refractivity contribution in [3.8, 4) is 0 Å². The standard InChI is InChI=1S/C22H23ClO5/c1-12-2-18-16(5-17(12)23)15(4-19(24)28-18)10-27-20(25)21-6-13-3-14(7-21)9-22(26,8-13)11-21/h2,4-5,13-14,26H,3,6-11H2,1H3/t13-,14+,21?,22?. The van der Waals surface area contributed by atoms with Crippen molar-refractivity contribution in [2.75, 3.05) is 0 Å². The molecule has 0 saturated heterocycles. The smallest absolute Gasteiger partial charge is 0.336 e. The molecular formula is C22H23ClO5. The molecule has 4 bridgehead atoms. The Balaban J connectivity index is 1.42. The molecule has 28 heavy (non-hydrogen) atoms. The molecule has 0 amide bonds. The highest BCUT2D eigenvalue weighted by molar-refractivity contribution is 6.32. The van der Waals surface area contributed by atoms with Gasteiger partial charge in [-0.1, -0.05) is 11.6 Å². The van der Waals surface area contributed by atoms with Gasteiger partial charge in [0.2, 0.25) is 0 Å². The molecule has 6 rings (SSSR count). The van der Waals surface area contributed by atoms with Crippen LogP contribution in [-0.2, 0) is 16.1 Å². The van der Waals surface area contributed by atoms with Crippen LogP contribution < -0.4 is 5.63 Å². The number of hydrogen-bond acceptors (Lipinski definition) is 5. The van der Waals surface area contributed by atoms with Gasteiger partial charge in [-0.15, -0.1) is 0 Å². The van der Waals surface area contributed by atoms with Crippen molar-refractivity contribution < 1.29 is 19.1 Å². The van der Waals surface area contributed by atoms with Crippen molar-refractivity contribution in [1.29, 1.82) is 0 Å². The van der Waals surface area contributed by atoms with Crippen molar-refractivity contribution in [1.82, 2.24) is 0 Å². The number of benzene rings is 1. The van der Waals surface area contributed by atoms with Crippen LogP contribution in [0.3, 0.4) is 0 Å². The van der Waals surface area contributed by atoms with Crippen LogP contribution in [0.2, 0.25) is 5.02 Å². The molecule has 2 aromatic rings. The Hall–Kier alpha value is -1.85. The van der Waals surface area contributed by atoms with Crippen LogP contribution in [0.25, 0.3) is 11.0 Å². The second-order valence-corrected chi connectivity index (χ2v) is 9.64. The Morgan fingerprint density at radius 2 is 1.96 bits per heavy atom. The number of halogens is 1. The molecule has 1 aromatic heterocycles. The Bertz CT molecular complexity index is 1030. The highest BCUT2D eigenvalue weighted by Crippen LogP contribution is 2.62. The summed E-state index contributed by atoms with van der Waals surface area (Å²) >= 11 is 6.23. The van der Waals surface area contributed by atoms with Gasteiger partial charge in [0.15, 0.2) is 0 Å². The maximum Gasteiger partial charge on any atom is 0.336 e. The minimum atomic E-state index is -0.714. The number of carbonyl (C=O) groups excluding carboxylic acids is 1. The summed E-state index contributed by atoms with van der Waals surface area (Å²) in [4.78, 5) is 25.0. The van der Waals surface area contributed by atoms with E-state index in [9.17, 15) is 14.7 Å². The number of carbonyl (C=O) groups is 1. The van der Waals surface area contributed by atoms with Gasteiger partial charge in [-0.2, -0.15) is 0 Å². The lowest BCUT2D eigenvalue weighted by atomic mass is 9.48. The molecule has 4 fully saturated rings. The molecule has 4 aliphatic rings. The van der Waals surface area contributed by atoms with E-state index in [2.05, 4.69) is 0 Å². The number of ether oxygens (including phenoxy) is 1. The second kappa shape index (κ2) is 6.07. The molecule has 6 heteroatoms. The average molecular weight is 403 g/mol. The molecular weight excluding hydrogens is 380 g/mol. The van der Waals surface area contributed by atoms with Crippen LogP contribution in [0.15, 0.2) is 27.4 Å². The normalized spacial score (nSPS) is 33.4. The van der Waals surface area contributed by atoms with E-state index in [1.165, 1.54) is 6.07 Å². The second-order valence-electron chi connectivity index (χ2n) is 9.23. The lowest BCUT2D eigenvalue weighted by Gasteiger charge is -2.58. The molecule has 4 aliphatic carbocycles. The van der Waals surface area contributed by atoms with Gasteiger partial charge in [-0.25, -0.2) is 4.79 Å². The fraction of sp³-hybridized carbons (Fsp3) is 0.545. The summed E-state index contributed by atoms with van der Waals surface area (Å²) in [6, 6.07) is 4.82. The van der Waals surface area contributed by atoms with Crippen LogP contribution >= 0.6 is 11.6 Å². The zero-order chi connectivity index (χ0) is 19.7. The molecule has 4 atom stereocenters. The predicted octanol–water partition coefficient (Wildman–Crippen LogP) is 4.13. The highest BCUT2D eigenvalue weighted by Gasteiger charge is 2.60. The molecule has 0 spiro atoms. The summed E-state index contributed by atoms with van der Waals surface area (Å²) in [6.45, 7) is 1.84. The molecule has 0 aliphatic heterocycles. The van der Waals surface area contributed by atoms with Gasteiger partial charge in [0.05, 0.1) is 11.0 Å². The monoisotopic (exact) mass is 402 g/mol. The summed E-state index contributed by atoms with van der Waals surface area (Å²) in [5, 5.41) is 12.1. The highest BCUT2D eigenvalue weighted by atomic mass is 35.5. The van der Waals surface area contributed by atoms with Crippen molar-refractivity contribution in [3.63, 3.8) is 0 Å². The third kappa shape index (κ3) is 2.87. The largest absolute Gasteiger partial charge is 0.460 e. The van der Waals surface area contributed by atoms with Gasteiger partial charge in [0.1, 0.15) is 12.2 Å². The number of aryl methyl sites for hydroxylation is 1. The first-order chi connectivity index (χ1) is 13.3. The topological polar surface area (TPSA) is 76.7 Å².